The molecule has 2 heterocycles. The summed E-state index contributed by atoms with van der Waals surface area (Å²) < 4.78 is 11.5. The van der Waals surface area contributed by atoms with Crippen molar-refractivity contribution in [3.63, 3.8) is 0 Å². The molecule has 34 heavy (non-hydrogen) atoms. The first-order chi connectivity index (χ1) is 16.3. The molecular weight excluding hydrogens is 464 g/mol. The van der Waals surface area contributed by atoms with Crippen LogP contribution in [0.25, 0.3) is 6.08 Å². The number of nitrogens with zero attached hydrogens (tertiary/aromatic N) is 3. The third-order valence-electron chi connectivity index (χ3n) is 4.88. The van der Waals surface area contributed by atoms with E-state index >= 15 is 0 Å². The highest BCUT2D eigenvalue weighted by atomic mass is 35.5. The third-order valence-corrected chi connectivity index (χ3v) is 5.16. The highest BCUT2D eigenvalue weighted by Gasteiger charge is 2.34. The van der Waals surface area contributed by atoms with E-state index in [1.54, 1.807) is 50.3 Å². The molecule has 1 N–H and O–H groups in total. The number of carbonyl (C=O) groups is 1. The number of nitrogens with one attached hydrogen (secondary N) is 1. The maximum absolute atomic E-state index is 12.5. The molecule has 0 radical (unpaired) electrons. The molecule has 2 aromatic carbocycles. The molecule has 0 unspecified atom stereocenters. The zero-order valence-electron chi connectivity index (χ0n) is 18.2. The maximum atomic E-state index is 12.5. The first kappa shape index (κ1) is 23.0. The fourth-order valence-corrected chi connectivity index (χ4v) is 3.68. The minimum atomic E-state index is -0.586. The van der Waals surface area contributed by atoms with E-state index in [-0.39, 0.29) is 46.1 Å². The largest absolute Gasteiger partial charge is 0.490 e. The molecule has 2 aromatic rings. The molecule has 0 aliphatic carbocycles. The Labute approximate surface area is 199 Å². The zero-order chi connectivity index (χ0) is 24.4. The number of carbonyl (C=O) groups excluding carboxylic acids is 1. The summed E-state index contributed by atoms with van der Waals surface area (Å²) >= 11 is 6.46. The fourth-order valence-electron chi connectivity index (χ4n) is 3.40. The van der Waals surface area contributed by atoms with Crippen LogP contribution in [0.5, 0.6) is 11.5 Å². The van der Waals surface area contributed by atoms with Crippen molar-refractivity contribution in [1.29, 1.82) is 5.41 Å². The molecule has 0 spiro atoms. The molecule has 10 nitrogen and oxygen atoms in total. The van der Waals surface area contributed by atoms with Gasteiger partial charge in [0.25, 0.3) is 11.6 Å². The quantitative estimate of drug-likeness (QED) is 0.345. The summed E-state index contributed by atoms with van der Waals surface area (Å²) in [6, 6.07) is 9.38. The lowest BCUT2D eigenvalue weighted by atomic mass is 10.1. The molecule has 11 heteroatoms. The summed E-state index contributed by atoms with van der Waals surface area (Å²) in [4.78, 5) is 32.7. The molecule has 0 atom stereocenters. The molecular formula is C23H19ClN4O6. The van der Waals surface area contributed by atoms with Crippen LogP contribution in [0, 0.1) is 15.5 Å². The molecule has 4 rings (SSSR count). The van der Waals surface area contributed by atoms with Gasteiger partial charge in [-0.25, -0.2) is 0 Å². The molecule has 0 saturated heterocycles. The van der Waals surface area contributed by atoms with Crippen molar-refractivity contribution in [2.24, 2.45) is 4.99 Å². The van der Waals surface area contributed by atoms with Gasteiger partial charge in [-0.05, 0) is 43.7 Å². The first-order valence-electron chi connectivity index (χ1n) is 10.2. The Morgan fingerprint density at radius 2 is 2.06 bits per heavy atom. The average Bonchev–Trinajstić information content (AvgIpc) is 3.16. The van der Waals surface area contributed by atoms with Crippen LogP contribution in [-0.4, -0.2) is 34.2 Å². The fraction of sp³-hybridized carbons (Fsp3) is 0.174. The predicted molar refractivity (Wildman–Crippen MR) is 125 cm³/mol. The van der Waals surface area contributed by atoms with Gasteiger partial charge in [-0.3, -0.25) is 20.3 Å². The molecule has 0 aromatic heterocycles. The van der Waals surface area contributed by atoms with Gasteiger partial charge in [-0.2, -0.15) is 4.99 Å². The van der Waals surface area contributed by atoms with Crippen molar-refractivity contribution < 1.29 is 24.0 Å². The molecule has 2 aliphatic heterocycles. The second kappa shape index (κ2) is 9.36. The van der Waals surface area contributed by atoms with E-state index in [2.05, 4.69) is 4.99 Å². The van der Waals surface area contributed by atoms with Crippen LogP contribution in [-0.2, 0) is 16.2 Å². The summed E-state index contributed by atoms with van der Waals surface area (Å²) in [5.41, 5.74) is 0.795. The number of halogens is 1. The maximum Gasteiger partial charge on any atom is 0.282 e. The van der Waals surface area contributed by atoms with Crippen LogP contribution >= 0.6 is 11.6 Å². The van der Waals surface area contributed by atoms with E-state index in [4.69, 9.17) is 31.3 Å². The van der Waals surface area contributed by atoms with Crippen LogP contribution in [0.1, 0.15) is 25.0 Å². The third kappa shape index (κ3) is 4.48. The summed E-state index contributed by atoms with van der Waals surface area (Å²) in [6.07, 6.45) is 3.03. The number of allylic oxidation sites excluding steroid dienone is 1. The van der Waals surface area contributed by atoms with E-state index in [1.165, 1.54) is 12.1 Å². The van der Waals surface area contributed by atoms with Gasteiger partial charge >= 0.3 is 0 Å². The number of para-hydroxylation sites is 1. The smallest absolute Gasteiger partial charge is 0.282 e. The van der Waals surface area contributed by atoms with Gasteiger partial charge < -0.3 is 14.3 Å². The van der Waals surface area contributed by atoms with Gasteiger partial charge in [0.1, 0.15) is 12.4 Å². The minimum Gasteiger partial charge on any atom is -0.490 e. The number of fused-ring (bicyclic) bond motifs is 1. The van der Waals surface area contributed by atoms with Gasteiger partial charge in [-0.1, -0.05) is 23.7 Å². The zero-order valence-corrected chi connectivity index (χ0v) is 19.0. The van der Waals surface area contributed by atoms with E-state index in [0.29, 0.717) is 23.5 Å². The summed E-state index contributed by atoms with van der Waals surface area (Å²) in [6.45, 7) is 3.67. The Hall–Kier alpha value is -4.18. The second-order valence-corrected chi connectivity index (χ2v) is 7.67. The van der Waals surface area contributed by atoms with Gasteiger partial charge in [0.2, 0.25) is 0 Å². The summed E-state index contributed by atoms with van der Waals surface area (Å²) in [7, 11) is 0. The van der Waals surface area contributed by atoms with E-state index < -0.39 is 10.8 Å². The second-order valence-electron chi connectivity index (χ2n) is 7.26. The number of amides is 1. The SMILES string of the molecule is CCOc1cc(/C=C2\C(=N)N3OC(C)=CC3=NC2=O)cc(Cl)c1OCc1ccccc1[N+](=O)[O-]. The number of nitro benzene ring substituents is 1. The lowest BCUT2D eigenvalue weighted by Gasteiger charge is -2.23. The van der Waals surface area contributed by atoms with Gasteiger partial charge in [-0.15, -0.1) is 5.06 Å². The van der Waals surface area contributed by atoms with Crippen LogP contribution in [0.2, 0.25) is 5.02 Å². The number of aliphatic imine (C=N–C) groups is 1. The van der Waals surface area contributed by atoms with Gasteiger partial charge in [0.15, 0.2) is 23.2 Å². The normalized spacial score (nSPS) is 16.1. The van der Waals surface area contributed by atoms with Crippen molar-refractivity contribution >= 4 is 40.9 Å². The Morgan fingerprint density at radius 1 is 1.29 bits per heavy atom. The number of hydrogen-bond donors (Lipinski definition) is 1. The predicted octanol–water partition coefficient (Wildman–Crippen LogP) is 4.68. The van der Waals surface area contributed by atoms with E-state index in [1.807, 2.05) is 0 Å². The number of nitro groups is 1. The van der Waals surface area contributed by atoms with Crippen LogP contribution in [0.15, 0.2) is 58.8 Å². The van der Waals surface area contributed by atoms with Crippen molar-refractivity contribution in [3.05, 3.63) is 80.1 Å². The number of benzene rings is 2. The number of ether oxygens (including phenoxy) is 2. The Morgan fingerprint density at radius 3 is 2.79 bits per heavy atom. The standard InChI is InChI=1S/C23H19ClN4O6/c1-3-32-19-11-14(9-16-22(25)27-20(26-23(16)29)8-13(2)34-27)10-17(24)21(19)33-12-15-6-4-5-7-18(15)28(30)31/h4-11,25H,3,12H2,1-2H3/b16-9+,25-22?. The van der Waals surface area contributed by atoms with Crippen LogP contribution < -0.4 is 9.47 Å². The monoisotopic (exact) mass is 482 g/mol. The lowest BCUT2D eigenvalue weighted by Crippen LogP contribution is -2.38. The average molecular weight is 483 g/mol. The lowest BCUT2D eigenvalue weighted by molar-refractivity contribution is -0.385. The molecule has 0 fully saturated rings. The van der Waals surface area contributed by atoms with Crippen molar-refractivity contribution in [1.82, 2.24) is 5.06 Å². The summed E-state index contributed by atoms with van der Waals surface area (Å²) in [5, 5.41) is 20.9. The molecule has 174 valence electrons. The van der Waals surface area contributed by atoms with E-state index in [0.717, 1.165) is 5.06 Å². The van der Waals surface area contributed by atoms with Crippen LogP contribution in [0.4, 0.5) is 5.69 Å². The van der Waals surface area contributed by atoms with Gasteiger partial charge in [0.05, 0.1) is 27.7 Å². The van der Waals surface area contributed by atoms with Crippen LogP contribution in [0.3, 0.4) is 0 Å². The topological polar surface area (TPSA) is 127 Å². The molecule has 0 saturated carbocycles. The first-order valence-corrected chi connectivity index (χ1v) is 10.6. The molecule has 2 aliphatic rings. The number of rotatable bonds is 7. The minimum absolute atomic E-state index is 0.0129. The highest BCUT2D eigenvalue weighted by molar-refractivity contribution is 6.33. The number of hydrogen-bond acceptors (Lipinski definition) is 7. The Kier molecular flexibility index (Phi) is 6.33. The molecule has 0 bridgehead atoms. The summed E-state index contributed by atoms with van der Waals surface area (Å²) in [5.74, 6) is 0.507. The van der Waals surface area contributed by atoms with Crippen molar-refractivity contribution in [2.45, 2.75) is 20.5 Å². The Bertz CT molecular complexity index is 1300. The van der Waals surface area contributed by atoms with E-state index in [9.17, 15) is 14.9 Å². The number of amidine groups is 2. The number of hydroxylamine groups is 2. The Balaban J connectivity index is 1.64. The van der Waals surface area contributed by atoms with Crippen molar-refractivity contribution in [3.8, 4) is 11.5 Å². The highest BCUT2D eigenvalue weighted by Crippen LogP contribution is 2.38. The molecule has 1 amide bonds. The van der Waals surface area contributed by atoms with Gasteiger partial charge in [0, 0.05) is 12.1 Å². The van der Waals surface area contributed by atoms with Crippen molar-refractivity contribution in [2.75, 3.05) is 6.61 Å².